The molecule has 2 N–H and O–H groups in total. The Kier molecular flexibility index (Phi) is 5.06. The Labute approximate surface area is 155 Å². The van der Waals surface area contributed by atoms with Crippen molar-refractivity contribution in [2.75, 3.05) is 0 Å². The summed E-state index contributed by atoms with van der Waals surface area (Å²) in [6, 6.07) is 8.67. The van der Waals surface area contributed by atoms with Crippen LogP contribution >= 0.6 is 0 Å². The van der Waals surface area contributed by atoms with Crippen LogP contribution in [0.2, 0.25) is 0 Å². The van der Waals surface area contributed by atoms with Gasteiger partial charge in [0.1, 0.15) is 23.3 Å². The first kappa shape index (κ1) is 19.1. The van der Waals surface area contributed by atoms with Gasteiger partial charge in [-0.3, -0.25) is 0 Å². The van der Waals surface area contributed by atoms with E-state index in [2.05, 4.69) is 10.1 Å². The van der Waals surface area contributed by atoms with Gasteiger partial charge in [-0.2, -0.15) is 5.10 Å². The maximum absolute atomic E-state index is 14.2. The molecule has 0 fully saturated rings. The molecule has 0 spiro atoms. The van der Waals surface area contributed by atoms with E-state index in [-0.39, 0.29) is 29.2 Å². The van der Waals surface area contributed by atoms with E-state index in [4.69, 9.17) is 5.73 Å². The zero-order valence-electron chi connectivity index (χ0n) is 15.4. The maximum Gasteiger partial charge on any atom is 0.184 e. The number of rotatable bonds is 4. The molecule has 142 valence electrons. The van der Waals surface area contributed by atoms with E-state index in [0.717, 1.165) is 18.2 Å². The largest absolute Gasteiger partial charge is 0.321 e. The van der Waals surface area contributed by atoms with Crippen molar-refractivity contribution in [3.8, 4) is 11.4 Å². The standard InChI is InChI=1S/C20H21F3N4/c1-20(2,3)17(24)19-25-18(15-10-14(22)7-8-16(15)23)26-27(19)11-12-5-4-6-13(21)9-12/h4-10,17H,11,24H2,1-3H3. The lowest BCUT2D eigenvalue weighted by Crippen LogP contribution is -2.29. The van der Waals surface area contributed by atoms with Crippen molar-refractivity contribution in [2.24, 2.45) is 11.1 Å². The Morgan fingerprint density at radius 2 is 1.74 bits per heavy atom. The van der Waals surface area contributed by atoms with E-state index < -0.39 is 17.7 Å². The lowest BCUT2D eigenvalue weighted by Gasteiger charge is -2.26. The van der Waals surface area contributed by atoms with Gasteiger partial charge in [0, 0.05) is 0 Å². The molecule has 1 atom stereocenters. The molecule has 0 saturated heterocycles. The Morgan fingerprint density at radius 1 is 1.04 bits per heavy atom. The van der Waals surface area contributed by atoms with Crippen LogP contribution in [-0.4, -0.2) is 14.8 Å². The minimum absolute atomic E-state index is 0.0399. The summed E-state index contributed by atoms with van der Waals surface area (Å²) in [6.07, 6.45) is 0. The van der Waals surface area contributed by atoms with E-state index in [0.29, 0.717) is 11.4 Å². The predicted octanol–water partition coefficient (Wildman–Crippen LogP) is 4.46. The summed E-state index contributed by atoms with van der Waals surface area (Å²) in [5.41, 5.74) is 6.62. The highest BCUT2D eigenvalue weighted by Crippen LogP contribution is 2.31. The number of nitrogens with zero attached hydrogens (tertiary/aromatic N) is 3. The second-order valence-corrected chi connectivity index (χ2v) is 7.55. The van der Waals surface area contributed by atoms with Gasteiger partial charge in [-0.25, -0.2) is 22.8 Å². The van der Waals surface area contributed by atoms with E-state index in [1.165, 1.54) is 16.8 Å². The minimum atomic E-state index is -0.629. The molecule has 0 radical (unpaired) electrons. The van der Waals surface area contributed by atoms with Crippen LogP contribution in [0.1, 0.15) is 38.2 Å². The number of benzene rings is 2. The highest BCUT2D eigenvalue weighted by atomic mass is 19.1. The smallest absolute Gasteiger partial charge is 0.184 e. The zero-order valence-corrected chi connectivity index (χ0v) is 15.4. The van der Waals surface area contributed by atoms with Gasteiger partial charge in [0.15, 0.2) is 5.82 Å². The minimum Gasteiger partial charge on any atom is -0.321 e. The number of nitrogens with two attached hydrogens (primary N) is 1. The van der Waals surface area contributed by atoms with Gasteiger partial charge in [-0.15, -0.1) is 0 Å². The first-order chi connectivity index (χ1) is 12.6. The molecule has 1 unspecified atom stereocenters. The van der Waals surface area contributed by atoms with Gasteiger partial charge < -0.3 is 5.73 Å². The SMILES string of the molecule is CC(C)(C)C(N)c1nc(-c2cc(F)ccc2F)nn1Cc1cccc(F)c1. The average Bonchev–Trinajstić information content (AvgIpc) is 2.99. The van der Waals surface area contributed by atoms with Crippen molar-refractivity contribution in [3.63, 3.8) is 0 Å². The van der Waals surface area contributed by atoms with Crippen LogP contribution < -0.4 is 5.73 Å². The van der Waals surface area contributed by atoms with Gasteiger partial charge in [0.2, 0.25) is 0 Å². The number of hydrogen-bond acceptors (Lipinski definition) is 3. The van der Waals surface area contributed by atoms with Crippen molar-refractivity contribution < 1.29 is 13.2 Å². The molecule has 0 saturated carbocycles. The van der Waals surface area contributed by atoms with Crippen molar-refractivity contribution in [3.05, 3.63) is 71.3 Å². The van der Waals surface area contributed by atoms with E-state index >= 15 is 0 Å². The Bertz CT molecular complexity index is 960. The third-order valence-corrected chi connectivity index (χ3v) is 4.30. The average molecular weight is 374 g/mol. The highest BCUT2D eigenvalue weighted by Gasteiger charge is 2.28. The summed E-state index contributed by atoms with van der Waals surface area (Å²) in [5, 5.41) is 4.34. The van der Waals surface area contributed by atoms with Crippen LogP contribution in [0.4, 0.5) is 13.2 Å². The molecular formula is C20H21F3N4. The first-order valence-electron chi connectivity index (χ1n) is 8.55. The van der Waals surface area contributed by atoms with Crippen molar-refractivity contribution in [1.82, 2.24) is 14.8 Å². The molecule has 27 heavy (non-hydrogen) atoms. The maximum atomic E-state index is 14.2. The number of halogens is 3. The van der Waals surface area contributed by atoms with Crippen molar-refractivity contribution in [2.45, 2.75) is 33.4 Å². The third kappa shape index (κ3) is 4.19. The van der Waals surface area contributed by atoms with E-state index in [1.54, 1.807) is 12.1 Å². The first-order valence-corrected chi connectivity index (χ1v) is 8.55. The highest BCUT2D eigenvalue weighted by molar-refractivity contribution is 5.55. The molecule has 4 nitrogen and oxygen atoms in total. The Hall–Kier alpha value is -2.67. The fraction of sp³-hybridized carbons (Fsp3) is 0.300. The molecule has 0 bridgehead atoms. The lowest BCUT2D eigenvalue weighted by molar-refractivity contribution is 0.306. The summed E-state index contributed by atoms with van der Waals surface area (Å²) in [7, 11) is 0. The molecule has 1 aromatic heterocycles. The van der Waals surface area contributed by atoms with Crippen LogP contribution in [0.15, 0.2) is 42.5 Å². The molecule has 0 amide bonds. The van der Waals surface area contributed by atoms with Crippen molar-refractivity contribution in [1.29, 1.82) is 0 Å². The van der Waals surface area contributed by atoms with Crippen LogP contribution in [0.3, 0.4) is 0 Å². The van der Waals surface area contributed by atoms with Crippen LogP contribution in [-0.2, 0) is 6.54 Å². The molecule has 3 rings (SSSR count). The lowest BCUT2D eigenvalue weighted by atomic mass is 9.87. The molecule has 1 heterocycles. The monoisotopic (exact) mass is 374 g/mol. The molecule has 0 aliphatic heterocycles. The van der Waals surface area contributed by atoms with Crippen molar-refractivity contribution >= 4 is 0 Å². The normalized spacial score (nSPS) is 13.0. The zero-order chi connectivity index (χ0) is 19.8. The second-order valence-electron chi connectivity index (χ2n) is 7.55. The summed E-state index contributed by atoms with van der Waals surface area (Å²) in [4.78, 5) is 4.39. The fourth-order valence-corrected chi connectivity index (χ4v) is 2.68. The third-order valence-electron chi connectivity index (χ3n) is 4.30. The molecule has 0 aliphatic rings. The van der Waals surface area contributed by atoms with Crippen LogP contribution in [0, 0.1) is 22.9 Å². The number of aromatic nitrogens is 3. The van der Waals surface area contributed by atoms with E-state index in [1.807, 2.05) is 20.8 Å². The summed E-state index contributed by atoms with van der Waals surface area (Å²) >= 11 is 0. The Morgan fingerprint density at radius 3 is 2.41 bits per heavy atom. The summed E-state index contributed by atoms with van der Waals surface area (Å²) in [6.45, 7) is 6.05. The van der Waals surface area contributed by atoms with Gasteiger partial charge in [0.05, 0.1) is 18.2 Å². The van der Waals surface area contributed by atoms with E-state index in [9.17, 15) is 13.2 Å². The molecular weight excluding hydrogens is 353 g/mol. The topological polar surface area (TPSA) is 56.7 Å². The molecule has 2 aromatic carbocycles. The number of hydrogen-bond donors (Lipinski definition) is 1. The van der Waals surface area contributed by atoms with Crippen LogP contribution in [0.5, 0.6) is 0 Å². The van der Waals surface area contributed by atoms with Gasteiger partial charge in [0.25, 0.3) is 0 Å². The van der Waals surface area contributed by atoms with Gasteiger partial charge in [-0.05, 0) is 41.3 Å². The summed E-state index contributed by atoms with van der Waals surface area (Å²) in [5.74, 6) is -1.13. The second kappa shape index (κ2) is 7.15. The fourth-order valence-electron chi connectivity index (χ4n) is 2.68. The molecule has 3 aromatic rings. The quantitative estimate of drug-likeness (QED) is 0.734. The van der Waals surface area contributed by atoms with Crippen LogP contribution in [0.25, 0.3) is 11.4 Å². The predicted molar refractivity (Wildman–Crippen MR) is 97.3 cm³/mol. The summed E-state index contributed by atoms with van der Waals surface area (Å²) < 4.78 is 42.8. The van der Waals surface area contributed by atoms with Gasteiger partial charge in [-0.1, -0.05) is 32.9 Å². The van der Waals surface area contributed by atoms with Gasteiger partial charge >= 0.3 is 0 Å². The Balaban J connectivity index is 2.10. The molecule has 7 heteroatoms. The molecule has 0 aliphatic carbocycles.